The maximum absolute atomic E-state index is 14.1. The van der Waals surface area contributed by atoms with E-state index in [1.165, 1.54) is 27.1 Å². The van der Waals surface area contributed by atoms with E-state index in [1.807, 2.05) is 0 Å². The van der Waals surface area contributed by atoms with Crippen LogP contribution in [0.4, 0.5) is 0 Å². The Morgan fingerprint density at radius 1 is 0.479 bits per heavy atom. The van der Waals surface area contributed by atoms with Gasteiger partial charge in [-0.3, -0.25) is 0 Å². The van der Waals surface area contributed by atoms with Gasteiger partial charge < -0.3 is 4.80 Å². The predicted molar refractivity (Wildman–Crippen MR) is 238 cm³/mol. The first-order valence-corrected chi connectivity index (χ1v) is 42.2. The minimum Gasteiger partial charge on any atom is -0.424 e. The molecule has 1 nitrogen and oxygen atoms in total. The van der Waals surface area contributed by atoms with Gasteiger partial charge in [0.2, 0.25) is 0 Å². The molecule has 3 aromatic rings. The van der Waals surface area contributed by atoms with Crippen LogP contribution in [0.3, 0.4) is 0 Å². The maximum Gasteiger partial charge on any atom is 0.258 e. The third-order valence-electron chi connectivity index (χ3n) is 10.9. The summed E-state index contributed by atoms with van der Waals surface area (Å²) in [6.07, 6.45) is 0. The van der Waals surface area contributed by atoms with Crippen LogP contribution in [-0.2, 0) is 6.04 Å². The van der Waals surface area contributed by atoms with Crippen LogP contribution in [0.25, 0.3) is 11.1 Å². The molecule has 0 fully saturated rings. The standard InChI is InChI=1S/C40H70OSi7/c1-42(2,3)38(43(4,5)6)31-27-34(39(44(7,8)9)45(10,11)12)37(35(28-31)40(46(13,14)15)47(16,17)18)48(41)29-30-23-19-20-24-32(30)33-25-21-22-26-36(33)48/h19-28,38-41H,29H2,1-18H3. The van der Waals surface area contributed by atoms with Gasteiger partial charge in [-0.05, 0) is 59.2 Å². The summed E-state index contributed by atoms with van der Waals surface area (Å²) < 4.78 is 0. The van der Waals surface area contributed by atoms with Crippen LogP contribution in [0.1, 0.15) is 37.7 Å². The van der Waals surface area contributed by atoms with Gasteiger partial charge in [-0.1, -0.05) is 179 Å². The summed E-state index contributed by atoms with van der Waals surface area (Å²) in [6.45, 7) is 47.3. The molecule has 4 rings (SSSR count). The molecular weight excluding hydrogens is 693 g/mol. The van der Waals surface area contributed by atoms with Gasteiger partial charge in [-0.25, -0.2) is 0 Å². The van der Waals surface area contributed by atoms with Crippen LogP contribution in [0, 0.1) is 0 Å². The average Bonchev–Trinajstić information content (AvgIpc) is 2.83. The average molecular weight is 764 g/mol. The highest BCUT2D eigenvalue weighted by Crippen LogP contribution is 2.46. The fraction of sp³-hybridized carbons (Fsp3) is 0.550. The third-order valence-corrected chi connectivity index (χ3v) is 42.4. The topological polar surface area (TPSA) is 20.2 Å². The van der Waals surface area contributed by atoms with Gasteiger partial charge in [0.25, 0.3) is 8.32 Å². The minimum atomic E-state index is -3.25. The molecule has 0 spiro atoms. The summed E-state index contributed by atoms with van der Waals surface area (Å²) in [6, 6.07) is 24.3. The number of hydrogen-bond donors (Lipinski definition) is 1. The van der Waals surface area contributed by atoms with Gasteiger partial charge in [0, 0.05) is 54.5 Å². The number of rotatable bonds is 10. The second kappa shape index (κ2) is 13.0. The highest BCUT2D eigenvalue weighted by atomic mass is 28.4. The smallest absolute Gasteiger partial charge is 0.258 e. The van der Waals surface area contributed by atoms with Crippen molar-refractivity contribution in [2.75, 3.05) is 0 Å². The van der Waals surface area contributed by atoms with Crippen LogP contribution in [0.15, 0.2) is 60.7 Å². The first-order chi connectivity index (χ1) is 21.5. The Balaban J connectivity index is 2.37. The molecule has 1 atom stereocenters. The molecule has 0 saturated carbocycles. The lowest BCUT2D eigenvalue weighted by atomic mass is 10.00. The SMILES string of the molecule is C[Si](C)(C)C(c1cc(C([Si](C)(C)C)[Si](C)(C)C)c([Si]2(O)Cc3ccccc3-c3ccccc32)c(C([Si](C)(C)C)[Si](C)(C)C)c1)[Si](C)(C)C. The molecule has 1 aliphatic heterocycles. The fourth-order valence-corrected chi connectivity index (χ4v) is 53.8. The van der Waals surface area contributed by atoms with Crippen LogP contribution in [0.2, 0.25) is 118 Å². The molecule has 1 aliphatic rings. The van der Waals surface area contributed by atoms with Gasteiger partial charge in [-0.2, -0.15) is 0 Å². The van der Waals surface area contributed by atoms with E-state index in [9.17, 15) is 4.80 Å². The zero-order valence-corrected chi connectivity index (χ0v) is 41.2. The van der Waals surface area contributed by atoms with Gasteiger partial charge in [0.15, 0.2) is 0 Å². The van der Waals surface area contributed by atoms with Crippen LogP contribution in [-0.4, -0.2) is 61.6 Å². The van der Waals surface area contributed by atoms with Crippen molar-refractivity contribution in [3.8, 4) is 11.1 Å². The maximum atomic E-state index is 14.1. The zero-order valence-electron chi connectivity index (χ0n) is 34.2. The Hall–Kier alpha value is -0.862. The molecule has 0 aliphatic carbocycles. The Morgan fingerprint density at radius 2 is 0.833 bits per heavy atom. The molecule has 0 amide bonds. The van der Waals surface area contributed by atoms with Crippen molar-refractivity contribution >= 4 is 67.1 Å². The monoisotopic (exact) mass is 762 g/mol. The molecule has 48 heavy (non-hydrogen) atoms. The Morgan fingerprint density at radius 3 is 1.23 bits per heavy atom. The lowest BCUT2D eigenvalue weighted by molar-refractivity contribution is 0.563. The molecular formula is C40H70OSi7. The van der Waals surface area contributed by atoms with Crippen molar-refractivity contribution in [2.45, 2.75) is 139 Å². The quantitative estimate of drug-likeness (QED) is 0.204. The molecule has 0 bridgehead atoms. The summed E-state index contributed by atoms with van der Waals surface area (Å²) in [4.78, 5) is 14.1. The number of hydrogen-bond acceptors (Lipinski definition) is 1. The third kappa shape index (κ3) is 7.81. The zero-order chi connectivity index (χ0) is 36.6. The second-order valence-electron chi connectivity index (χ2n) is 21.8. The van der Waals surface area contributed by atoms with Crippen molar-refractivity contribution in [3.63, 3.8) is 0 Å². The Kier molecular flexibility index (Phi) is 10.8. The number of benzene rings is 3. The molecule has 1 unspecified atom stereocenters. The molecule has 0 aromatic heterocycles. The van der Waals surface area contributed by atoms with Gasteiger partial charge in [0.1, 0.15) is 0 Å². The van der Waals surface area contributed by atoms with E-state index >= 15 is 0 Å². The van der Waals surface area contributed by atoms with Crippen LogP contribution >= 0.6 is 0 Å². The fourth-order valence-electron chi connectivity index (χ4n) is 11.2. The number of fused-ring (bicyclic) bond motifs is 3. The van der Waals surface area contributed by atoms with E-state index in [1.54, 1.807) is 16.7 Å². The molecule has 1 N–H and O–H groups in total. The van der Waals surface area contributed by atoms with Crippen molar-refractivity contribution in [1.82, 2.24) is 0 Å². The Bertz CT molecular complexity index is 1540. The highest BCUT2D eigenvalue weighted by molar-refractivity contribution is 7.02. The van der Waals surface area contributed by atoms with Crippen molar-refractivity contribution in [3.05, 3.63) is 82.9 Å². The van der Waals surface area contributed by atoms with Crippen molar-refractivity contribution in [2.24, 2.45) is 0 Å². The van der Waals surface area contributed by atoms with E-state index in [4.69, 9.17) is 0 Å². The largest absolute Gasteiger partial charge is 0.424 e. The molecule has 0 saturated heterocycles. The lowest BCUT2D eigenvalue weighted by Crippen LogP contribution is -2.67. The molecule has 1 heterocycles. The minimum absolute atomic E-state index is 0.562. The van der Waals surface area contributed by atoms with Crippen molar-refractivity contribution < 1.29 is 4.80 Å². The first kappa shape index (κ1) is 39.9. The highest BCUT2D eigenvalue weighted by Gasteiger charge is 2.52. The molecule has 0 radical (unpaired) electrons. The van der Waals surface area contributed by atoms with Gasteiger partial charge >= 0.3 is 0 Å². The van der Waals surface area contributed by atoms with E-state index in [0.29, 0.717) is 15.5 Å². The van der Waals surface area contributed by atoms with E-state index in [-0.39, 0.29) is 0 Å². The van der Waals surface area contributed by atoms with E-state index < -0.39 is 56.8 Å². The summed E-state index contributed by atoms with van der Waals surface area (Å²) in [5.41, 5.74) is 8.78. The van der Waals surface area contributed by atoms with E-state index in [2.05, 4.69) is 179 Å². The predicted octanol–water partition coefficient (Wildman–Crippen LogP) is 11.0. The normalized spacial score (nSPS) is 18.0. The molecule has 8 heteroatoms. The molecule has 264 valence electrons. The van der Waals surface area contributed by atoms with Crippen molar-refractivity contribution in [1.29, 1.82) is 0 Å². The van der Waals surface area contributed by atoms with Crippen LogP contribution in [0.5, 0.6) is 0 Å². The van der Waals surface area contributed by atoms with Gasteiger partial charge in [0.05, 0.1) is 0 Å². The summed E-state index contributed by atoms with van der Waals surface area (Å²) in [7, 11) is -13.4. The second-order valence-corrected chi connectivity index (χ2v) is 58.5. The van der Waals surface area contributed by atoms with Gasteiger partial charge in [-0.15, -0.1) is 0 Å². The van der Waals surface area contributed by atoms with E-state index in [0.717, 1.165) is 6.04 Å². The van der Waals surface area contributed by atoms with Crippen LogP contribution < -0.4 is 10.4 Å². The Labute approximate surface area is 303 Å². The molecule has 3 aromatic carbocycles. The summed E-state index contributed by atoms with van der Waals surface area (Å²) >= 11 is 0. The summed E-state index contributed by atoms with van der Waals surface area (Å²) in [5.74, 6) is 0. The lowest BCUT2D eigenvalue weighted by Gasteiger charge is -2.48. The first-order valence-electron chi connectivity index (χ1n) is 18.6. The summed E-state index contributed by atoms with van der Waals surface area (Å²) in [5, 5.41) is 4.50.